The lowest BCUT2D eigenvalue weighted by molar-refractivity contribution is -0.140. The average molecular weight is 596 g/mol. The van der Waals surface area contributed by atoms with E-state index in [9.17, 15) is 31.2 Å². The van der Waals surface area contributed by atoms with Gasteiger partial charge in [0.2, 0.25) is 21.8 Å². The molecule has 0 aromatic heterocycles. The number of halogens is 5. The lowest BCUT2D eigenvalue weighted by Crippen LogP contribution is -2.53. The van der Waals surface area contributed by atoms with Crippen molar-refractivity contribution in [1.82, 2.24) is 10.2 Å². The van der Waals surface area contributed by atoms with Crippen molar-refractivity contribution in [3.63, 3.8) is 0 Å². The Morgan fingerprint density at radius 2 is 1.63 bits per heavy atom. The summed E-state index contributed by atoms with van der Waals surface area (Å²) < 4.78 is 65.9. The van der Waals surface area contributed by atoms with Crippen LogP contribution in [0.5, 0.6) is 0 Å². The monoisotopic (exact) mass is 595 g/mol. The Morgan fingerprint density at radius 1 is 1.03 bits per heavy atom. The van der Waals surface area contributed by atoms with Crippen molar-refractivity contribution in [3.8, 4) is 0 Å². The minimum atomic E-state index is -4.77. The molecule has 0 saturated heterocycles. The fourth-order valence-electron chi connectivity index (χ4n) is 3.62. The van der Waals surface area contributed by atoms with E-state index in [2.05, 4.69) is 5.32 Å². The number of nitrogens with zero attached hydrogens (tertiary/aromatic N) is 2. The maximum Gasteiger partial charge on any atom is 0.416 e. The van der Waals surface area contributed by atoms with Crippen LogP contribution in [0.1, 0.15) is 44.7 Å². The molecule has 2 atom stereocenters. The van der Waals surface area contributed by atoms with Crippen LogP contribution >= 0.6 is 23.2 Å². The molecule has 0 aliphatic rings. The van der Waals surface area contributed by atoms with E-state index in [4.69, 9.17) is 23.2 Å². The summed E-state index contributed by atoms with van der Waals surface area (Å²) in [6.45, 7) is 4.43. The molecule has 2 aromatic carbocycles. The lowest BCUT2D eigenvalue weighted by Gasteiger charge is -2.33. The summed E-state index contributed by atoms with van der Waals surface area (Å²) in [6, 6.07) is 7.56. The van der Waals surface area contributed by atoms with E-state index in [1.165, 1.54) is 4.90 Å². The molecule has 0 aliphatic carbocycles. The minimum absolute atomic E-state index is 0.0731. The molecule has 2 aromatic rings. The number of nitrogens with one attached hydrogen (secondary N) is 1. The Bertz CT molecular complexity index is 1240. The number of amides is 2. The summed E-state index contributed by atoms with van der Waals surface area (Å²) in [6.07, 6.45) is -3.17. The number of carbonyl (C=O) groups is 2. The highest BCUT2D eigenvalue weighted by Gasteiger charge is 2.35. The van der Waals surface area contributed by atoms with Crippen molar-refractivity contribution in [2.75, 3.05) is 17.1 Å². The van der Waals surface area contributed by atoms with E-state index in [0.29, 0.717) is 33.4 Å². The predicted octanol–water partition coefficient (Wildman–Crippen LogP) is 5.50. The van der Waals surface area contributed by atoms with Crippen LogP contribution in [0, 0.1) is 0 Å². The standard InChI is InChI=1S/C25H30Cl2F3N3O4S/c1-5-16(3)31-24(35)21(6-2)32(14-17-7-10-19(26)11-8-17)23(34)15-33(38(4,36)37)22-13-18(25(28,29)30)9-12-20(22)27/h7-13,16,21H,5-6,14-15H2,1-4H3,(H,31,35)/t16-,21+/m0/s1. The highest BCUT2D eigenvalue weighted by molar-refractivity contribution is 7.92. The third kappa shape index (κ3) is 8.51. The number of hydrogen-bond donors (Lipinski definition) is 1. The van der Waals surface area contributed by atoms with E-state index >= 15 is 0 Å². The molecule has 210 valence electrons. The molecule has 13 heteroatoms. The van der Waals surface area contributed by atoms with E-state index in [-0.39, 0.29) is 24.0 Å². The van der Waals surface area contributed by atoms with Crippen molar-refractivity contribution in [2.45, 2.75) is 58.4 Å². The molecule has 38 heavy (non-hydrogen) atoms. The van der Waals surface area contributed by atoms with Gasteiger partial charge in [0.15, 0.2) is 0 Å². The van der Waals surface area contributed by atoms with E-state index in [1.807, 2.05) is 6.92 Å². The molecule has 2 amide bonds. The third-order valence-corrected chi connectivity index (χ3v) is 7.57. The highest BCUT2D eigenvalue weighted by Crippen LogP contribution is 2.36. The smallest absolute Gasteiger partial charge is 0.352 e. The number of hydrogen-bond acceptors (Lipinski definition) is 4. The van der Waals surface area contributed by atoms with Gasteiger partial charge >= 0.3 is 6.18 Å². The molecule has 1 N–H and O–H groups in total. The third-order valence-electron chi connectivity index (χ3n) is 5.87. The van der Waals surface area contributed by atoms with Crippen molar-refractivity contribution in [1.29, 1.82) is 0 Å². The number of anilines is 1. The van der Waals surface area contributed by atoms with Gasteiger partial charge in [0.25, 0.3) is 0 Å². The van der Waals surface area contributed by atoms with Gasteiger partial charge < -0.3 is 10.2 Å². The van der Waals surface area contributed by atoms with Crippen molar-refractivity contribution in [2.24, 2.45) is 0 Å². The van der Waals surface area contributed by atoms with Gasteiger partial charge in [0.05, 0.1) is 22.5 Å². The zero-order chi connectivity index (χ0) is 28.8. The molecule has 0 aliphatic heterocycles. The first-order valence-electron chi connectivity index (χ1n) is 11.8. The van der Waals surface area contributed by atoms with Gasteiger partial charge in [-0.2, -0.15) is 13.2 Å². The van der Waals surface area contributed by atoms with Gasteiger partial charge in [-0.3, -0.25) is 13.9 Å². The molecule has 0 bridgehead atoms. The van der Waals surface area contributed by atoms with Gasteiger partial charge in [-0.05, 0) is 55.7 Å². The van der Waals surface area contributed by atoms with Crippen LogP contribution in [0.4, 0.5) is 18.9 Å². The predicted molar refractivity (Wildman–Crippen MR) is 143 cm³/mol. The topological polar surface area (TPSA) is 86.8 Å². The maximum absolute atomic E-state index is 13.6. The van der Waals surface area contributed by atoms with Crippen LogP contribution in [0.3, 0.4) is 0 Å². The number of sulfonamides is 1. The summed E-state index contributed by atoms with van der Waals surface area (Å²) in [7, 11) is -4.27. The largest absolute Gasteiger partial charge is 0.416 e. The van der Waals surface area contributed by atoms with Gasteiger partial charge in [0.1, 0.15) is 12.6 Å². The quantitative estimate of drug-likeness (QED) is 0.371. The van der Waals surface area contributed by atoms with E-state index in [0.717, 1.165) is 12.3 Å². The number of carbonyl (C=O) groups excluding carboxylic acids is 2. The van der Waals surface area contributed by atoms with Crippen LogP contribution < -0.4 is 9.62 Å². The molecule has 7 nitrogen and oxygen atoms in total. The number of alkyl halides is 3. The summed E-state index contributed by atoms with van der Waals surface area (Å²) in [4.78, 5) is 27.9. The first-order chi connectivity index (χ1) is 17.6. The summed E-state index contributed by atoms with van der Waals surface area (Å²) in [5.74, 6) is -1.24. The first kappa shape index (κ1) is 31.7. The Morgan fingerprint density at radius 3 is 2.13 bits per heavy atom. The molecule has 0 radical (unpaired) electrons. The van der Waals surface area contributed by atoms with Crippen LogP contribution in [0.25, 0.3) is 0 Å². The van der Waals surface area contributed by atoms with Crippen LogP contribution in [0.15, 0.2) is 42.5 Å². The molecule has 2 rings (SSSR count). The fraction of sp³-hybridized carbons (Fsp3) is 0.440. The number of rotatable bonds is 11. The first-order valence-corrected chi connectivity index (χ1v) is 14.4. The van der Waals surface area contributed by atoms with Crippen LogP contribution in [-0.2, 0) is 32.3 Å². The van der Waals surface area contributed by atoms with Crippen molar-refractivity contribution >= 4 is 50.7 Å². The fourth-order valence-corrected chi connectivity index (χ4v) is 4.87. The Kier molecular flexibility index (Phi) is 10.9. The summed E-state index contributed by atoms with van der Waals surface area (Å²) in [5.41, 5.74) is -1.02. The van der Waals surface area contributed by atoms with Gasteiger partial charge in [-0.15, -0.1) is 0 Å². The second-order valence-electron chi connectivity index (χ2n) is 8.82. The Labute approximate surface area is 230 Å². The molecule has 0 heterocycles. The summed E-state index contributed by atoms with van der Waals surface area (Å²) in [5, 5.41) is 2.99. The van der Waals surface area contributed by atoms with E-state index < -0.39 is 51.9 Å². The molecular weight excluding hydrogens is 566 g/mol. The lowest BCUT2D eigenvalue weighted by atomic mass is 10.1. The molecule has 0 unspecified atom stereocenters. The molecular formula is C25H30Cl2F3N3O4S. The Hall–Kier alpha value is -2.50. The van der Waals surface area contributed by atoms with Crippen LogP contribution in [0.2, 0.25) is 10.0 Å². The second kappa shape index (κ2) is 13.0. The molecule has 0 fully saturated rings. The van der Waals surface area contributed by atoms with Gasteiger partial charge in [-0.25, -0.2) is 8.42 Å². The zero-order valence-electron chi connectivity index (χ0n) is 21.4. The van der Waals surface area contributed by atoms with Crippen molar-refractivity contribution < 1.29 is 31.2 Å². The van der Waals surface area contributed by atoms with Crippen molar-refractivity contribution in [3.05, 3.63) is 63.6 Å². The second-order valence-corrected chi connectivity index (χ2v) is 11.6. The highest BCUT2D eigenvalue weighted by atomic mass is 35.5. The summed E-state index contributed by atoms with van der Waals surface area (Å²) >= 11 is 12.1. The Balaban J connectivity index is 2.54. The van der Waals surface area contributed by atoms with Crippen LogP contribution in [-0.4, -0.2) is 50.0 Å². The molecule has 0 spiro atoms. The maximum atomic E-state index is 13.6. The number of benzene rings is 2. The SMILES string of the molecule is CC[C@H](C(=O)N[C@@H](C)CC)N(Cc1ccc(Cl)cc1)C(=O)CN(c1cc(C(F)(F)F)ccc1Cl)S(C)(=O)=O. The molecule has 0 saturated carbocycles. The average Bonchev–Trinajstić information content (AvgIpc) is 2.82. The van der Waals surface area contributed by atoms with Gasteiger partial charge in [-0.1, -0.05) is 49.2 Å². The zero-order valence-corrected chi connectivity index (χ0v) is 23.7. The van der Waals surface area contributed by atoms with Gasteiger partial charge in [0, 0.05) is 17.6 Å². The minimum Gasteiger partial charge on any atom is -0.352 e. The normalized spacial score (nSPS) is 13.5. The van der Waals surface area contributed by atoms with E-state index in [1.54, 1.807) is 38.1 Å².